The first-order chi connectivity index (χ1) is 11.2. The molecule has 0 radical (unpaired) electrons. The number of likely N-dealkylation sites (N-methyl/N-ethyl adjacent to an activating group) is 1. The lowest BCUT2D eigenvalue weighted by atomic mass is 10.1. The van der Waals surface area contributed by atoms with E-state index in [0.29, 0.717) is 0 Å². The van der Waals surface area contributed by atoms with Crippen molar-refractivity contribution in [2.24, 2.45) is 0 Å². The summed E-state index contributed by atoms with van der Waals surface area (Å²) >= 11 is 0. The molecule has 0 fully saturated rings. The van der Waals surface area contributed by atoms with E-state index >= 15 is 0 Å². The maximum absolute atomic E-state index is 5.35. The quantitative estimate of drug-likeness (QED) is 0.578. The van der Waals surface area contributed by atoms with E-state index in [1.807, 2.05) is 24.3 Å². The van der Waals surface area contributed by atoms with Crippen LogP contribution in [-0.4, -0.2) is 39.8 Å². The standard InChI is InChI=1S/C19H25NO3.HI/c1-20(14-16-5-8-17(21-2)9-6-16)12-11-15-7-10-18(22-3)19(13-15)23-4;/h5-10,13H,11-12,14H2,1-4H3;1H. The molecule has 2 rings (SSSR count). The number of ether oxygens (including phenoxy) is 3. The number of nitrogens with zero attached hydrogens (tertiary/aromatic N) is 1. The van der Waals surface area contributed by atoms with Crippen molar-refractivity contribution in [3.8, 4) is 17.2 Å². The normalized spacial score (nSPS) is 10.2. The third-order valence-corrected chi connectivity index (χ3v) is 3.84. The smallest absolute Gasteiger partial charge is 0.160 e. The molecule has 0 atom stereocenters. The monoisotopic (exact) mass is 443 g/mol. The van der Waals surface area contributed by atoms with Gasteiger partial charge in [-0.3, -0.25) is 0 Å². The molecule has 0 amide bonds. The molecular formula is C19H26INO3. The average Bonchev–Trinajstić information content (AvgIpc) is 2.60. The zero-order valence-electron chi connectivity index (χ0n) is 14.7. The summed E-state index contributed by atoms with van der Waals surface area (Å²) in [6.45, 7) is 1.89. The Morgan fingerprint density at radius 1 is 0.792 bits per heavy atom. The maximum atomic E-state index is 5.35. The molecule has 0 saturated carbocycles. The molecule has 0 spiro atoms. The Hall–Kier alpha value is -1.47. The molecule has 132 valence electrons. The summed E-state index contributed by atoms with van der Waals surface area (Å²) in [4.78, 5) is 2.30. The number of hydrogen-bond donors (Lipinski definition) is 0. The van der Waals surface area contributed by atoms with Crippen LogP contribution in [0.5, 0.6) is 17.2 Å². The summed E-state index contributed by atoms with van der Waals surface area (Å²) in [5.41, 5.74) is 2.52. The van der Waals surface area contributed by atoms with Gasteiger partial charge in [-0.2, -0.15) is 0 Å². The van der Waals surface area contributed by atoms with Gasteiger partial charge in [0.1, 0.15) is 5.75 Å². The van der Waals surface area contributed by atoms with E-state index in [4.69, 9.17) is 14.2 Å². The van der Waals surface area contributed by atoms with Crippen LogP contribution in [0.3, 0.4) is 0 Å². The van der Waals surface area contributed by atoms with Gasteiger partial charge in [0.2, 0.25) is 0 Å². The first-order valence-corrected chi connectivity index (χ1v) is 7.68. The zero-order chi connectivity index (χ0) is 16.7. The van der Waals surface area contributed by atoms with Gasteiger partial charge < -0.3 is 19.1 Å². The predicted molar refractivity (Wildman–Crippen MR) is 108 cm³/mol. The van der Waals surface area contributed by atoms with E-state index in [1.165, 1.54) is 11.1 Å². The second kappa shape index (κ2) is 10.4. The molecule has 0 aliphatic heterocycles. The molecule has 2 aromatic carbocycles. The molecule has 0 aliphatic carbocycles. The highest BCUT2D eigenvalue weighted by atomic mass is 127. The van der Waals surface area contributed by atoms with Gasteiger partial charge >= 0.3 is 0 Å². The van der Waals surface area contributed by atoms with Gasteiger partial charge in [0.25, 0.3) is 0 Å². The van der Waals surface area contributed by atoms with E-state index in [2.05, 4.69) is 30.1 Å². The average molecular weight is 443 g/mol. The number of hydrogen-bond acceptors (Lipinski definition) is 4. The Labute approximate surface area is 161 Å². The Kier molecular flexibility index (Phi) is 8.92. The van der Waals surface area contributed by atoms with Gasteiger partial charge in [0, 0.05) is 13.1 Å². The molecule has 4 nitrogen and oxygen atoms in total. The molecule has 0 saturated heterocycles. The lowest BCUT2D eigenvalue weighted by molar-refractivity contribution is 0.329. The lowest BCUT2D eigenvalue weighted by Crippen LogP contribution is -2.20. The summed E-state index contributed by atoms with van der Waals surface area (Å²) in [7, 11) is 7.13. The second-order valence-electron chi connectivity index (χ2n) is 5.53. The highest BCUT2D eigenvalue weighted by molar-refractivity contribution is 14.0. The molecule has 0 heterocycles. The van der Waals surface area contributed by atoms with E-state index in [-0.39, 0.29) is 24.0 Å². The Bertz CT molecular complexity index is 617. The van der Waals surface area contributed by atoms with Crippen LogP contribution < -0.4 is 14.2 Å². The molecule has 0 unspecified atom stereocenters. The summed E-state index contributed by atoms with van der Waals surface area (Å²) in [5.74, 6) is 2.44. The fourth-order valence-corrected chi connectivity index (χ4v) is 2.48. The summed E-state index contributed by atoms with van der Waals surface area (Å²) in [6.07, 6.45) is 0.965. The fourth-order valence-electron chi connectivity index (χ4n) is 2.48. The lowest BCUT2D eigenvalue weighted by Gasteiger charge is -2.17. The van der Waals surface area contributed by atoms with Crippen molar-refractivity contribution < 1.29 is 14.2 Å². The SMILES string of the molecule is COc1ccc(CN(C)CCc2ccc(OC)c(OC)c2)cc1.I. The third-order valence-electron chi connectivity index (χ3n) is 3.84. The summed E-state index contributed by atoms with van der Waals surface area (Å²) in [5, 5.41) is 0. The van der Waals surface area contributed by atoms with E-state index in [1.54, 1.807) is 21.3 Å². The number of methoxy groups -OCH3 is 3. The van der Waals surface area contributed by atoms with Crippen LogP contribution in [0.2, 0.25) is 0 Å². The first-order valence-electron chi connectivity index (χ1n) is 7.68. The van der Waals surface area contributed by atoms with E-state index < -0.39 is 0 Å². The minimum absolute atomic E-state index is 0. The molecule has 0 N–H and O–H groups in total. The van der Waals surface area contributed by atoms with Crippen LogP contribution >= 0.6 is 24.0 Å². The van der Waals surface area contributed by atoms with Gasteiger partial charge in [-0.15, -0.1) is 24.0 Å². The number of halogens is 1. The van der Waals surface area contributed by atoms with Gasteiger partial charge in [-0.1, -0.05) is 18.2 Å². The van der Waals surface area contributed by atoms with E-state index in [9.17, 15) is 0 Å². The van der Waals surface area contributed by atoms with Crippen molar-refractivity contribution in [3.05, 3.63) is 53.6 Å². The molecule has 0 aliphatic rings. The van der Waals surface area contributed by atoms with Crippen LogP contribution in [0.15, 0.2) is 42.5 Å². The minimum atomic E-state index is 0. The number of rotatable bonds is 8. The highest BCUT2D eigenvalue weighted by Crippen LogP contribution is 2.27. The summed E-state index contributed by atoms with van der Waals surface area (Å²) in [6, 6.07) is 14.3. The van der Waals surface area contributed by atoms with E-state index in [0.717, 1.165) is 36.8 Å². The Morgan fingerprint density at radius 3 is 2.00 bits per heavy atom. The largest absolute Gasteiger partial charge is 0.497 e. The topological polar surface area (TPSA) is 30.9 Å². The van der Waals surface area contributed by atoms with Gasteiger partial charge in [0.15, 0.2) is 11.5 Å². The molecule has 5 heteroatoms. The van der Waals surface area contributed by atoms with Gasteiger partial charge in [-0.05, 0) is 48.9 Å². The van der Waals surface area contributed by atoms with Crippen LogP contribution in [0.25, 0.3) is 0 Å². The second-order valence-corrected chi connectivity index (χ2v) is 5.53. The summed E-state index contributed by atoms with van der Waals surface area (Å²) < 4.78 is 15.8. The first kappa shape index (κ1) is 20.6. The fraction of sp³-hybridized carbons (Fsp3) is 0.368. The highest BCUT2D eigenvalue weighted by Gasteiger charge is 2.06. The van der Waals surface area contributed by atoms with Crippen molar-refractivity contribution >= 4 is 24.0 Å². The minimum Gasteiger partial charge on any atom is -0.497 e. The van der Waals surface area contributed by atoms with Gasteiger partial charge in [-0.25, -0.2) is 0 Å². The molecule has 2 aromatic rings. The van der Waals surface area contributed by atoms with Crippen LogP contribution in [0, 0.1) is 0 Å². The van der Waals surface area contributed by atoms with Crippen molar-refractivity contribution in [1.29, 1.82) is 0 Å². The van der Waals surface area contributed by atoms with Crippen LogP contribution in [-0.2, 0) is 13.0 Å². The van der Waals surface area contributed by atoms with Crippen molar-refractivity contribution in [3.63, 3.8) is 0 Å². The van der Waals surface area contributed by atoms with Crippen molar-refractivity contribution in [1.82, 2.24) is 4.90 Å². The Balaban J connectivity index is 0.00000288. The van der Waals surface area contributed by atoms with Crippen LogP contribution in [0.1, 0.15) is 11.1 Å². The van der Waals surface area contributed by atoms with Crippen molar-refractivity contribution in [2.75, 3.05) is 34.9 Å². The molecule has 24 heavy (non-hydrogen) atoms. The predicted octanol–water partition coefficient (Wildman–Crippen LogP) is 4.00. The third kappa shape index (κ3) is 5.87. The maximum Gasteiger partial charge on any atom is 0.160 e. The molecular weight excluding hydrogens is 417 g/mol. The van der Waals surface area contributed by atoms with Crippen LogP contribution in [0.4, 0.5) is 0 Å². The zero-order valence-corrected chi connectivity index (χ0v) is 17.1. The number of benzene rings is 2. The van der Waals surface area contributed by atoms with Crippen molar-refractivity contribution in [2.45, 2.75) is 13.0 Å². The van der Waals surface area contributed by atoms with Gasteiger partial charge in [0.05, 0.1) is 21.3 Å². The Morgan fingerprint density at radius 2 is 1.42 bits per heavy atom. The molecule has 0 aromatic heterocycles. The molecule has 0 bridgehead atoms.